The fourth-order valence-corrected chi connectivity index (χ4v) is 2.27. The first-order valence-corrected chi connectivity index (χ1v) is 6.22. The molecule has 2 rings (SSSR count). The predicted molar refractivity (Wildman–Crippen MR) is 63.3 cm³/mol. The summed E-state index contributed by atoms with van der Waals surface area (Å²) in [4.78, 5) is 29.0. The van der Waals surface area contributed by atoms with Gasteiger partial charge in [-0.1, -0.05) is 6.42 Å². The lowest BCUT2D eigenvalue weighted by molar-refractivity contribution is -0.145. The Bertz CT molecular complexity index is 545. The molecule has 2 atom stereocenters. The van der Waals surface area contributed by atoms with Crippen LogP contribution in [0.1, 0.15) is 35.4 Å². The average Bonchev–Trinajstić information content (AvgIpc) is 2.86. The van der Waals surface area contributed by atoms with E-state index in [1.54, 1.807) is 0 Å². The molecular weight excluding hydrogens is 291 g/mol. The number of nitrogens with zero attached hydrogens (tertiary/aromatic N) is 2. The first kappa shape index (κ1) is 15.2. The summed E-state index contributed by atoms with van der Waals surface area (Å²) in [6.07, 6.45) is -1.47. The molecule has 1 saturated carbocycles. The van der Waals surface area contributed by atoms with Crippen LogP contribution < -0.4 is 5.32 Å². The molecule has 9 heteroatoms. The standard InChI is InChI=1S/C12H12F3N3O3/c13-12(14,15)11-16-4-6(5-17-11)9(19)18-8-3-1-2-7(8)10(20)21/h4-5,7-8H,1-3H2,(H,18,19)(H,20,21)/t7-,8+/m1/s1. The Kier molecular flexibility index (Phi) is 4.10. The van der Waals surface area contributed by atoms with Crippen molar-refractivity contribution in [3.8, 4) is 0 Å². The van der Waals surface area contributed by atoms with Gasteiger partial charge in [-0.15, -0.1) is 0 Å². The molecule has 1 fully saturated rings. The van der Waals surface area contributed by atoms with Crippen molar-refractivity contribution < 1.29 is 27.9 Å². The molecule has 0 saturated heterocycles. The van der Waals surface area contributed by atoms with Crippen LogP contribution in [-0.4, -0.2) is 33.0 Å². The number of carboxylic acid groups (broad SMARTS) is 1. The summed E-state index contributed by atoms with van der Waals surface area (Å²) < 4.78 is 36.9. The summed E-state index contributed by atoms with van der Waals surface area (Å²) in [5.41, 5.74) is -0.140. The predicted octanol–water partition coefficient (Wildman–Crippen LogP) is 1.48. The summed E-state index contributed by atoms with van der Waals surface area (Å²) in [6.45, 7) is 0. The fraction of sp³-hybridized carbons (Fsp3) is 0.500. The van der Waals surface area contributed by atoms with Crippen LogP contribution in [0.4, 0.5) is 13.2 Å². The molecule has 0 bridgehead atoms. The van der Waals surface area contributed by atoms with E-state index >= 15 is 0 Å². The van der Waals surface area contributed by atoms with Gasteiger partial charge >= 0.3 is 12.1 Å². The minimum absolute atomic E-state index is 0.140. The van der Waals surface area contributed by atoms with Crippen LogP contribution in [-0.2, 0) is 11.0 Å². The van der Waals surface area contributed by atoms with Gasteiger partial charge in [0.15, 0.2) is 0 Å². The van der Waals surface area contributed by atoms with Gasteiger partial charge in [0.05, 0.1) is 11.5 Å². The van der Waals surface area contributed by atoms with Gasteiger partial charge in [-0.2, -0.15) is 13.2 Å². The number of carbonyl (C=O) groups excluding carboxylic acids is 1. The molecular formula is C12H12F3N3O3. The third-order valence-electron chi connectivity index (χ3n) is 3.32. The van der Waals surface area contributed by atoms with Crippen LogP contribution >= 0.6 is 0 Å². The first-order valence-electron chi connectivity index (χ1n) is 6.22. The summed E-state index contributed by atoms with van der Waals surface area (Å²) in [7, 11) is 0. The van der Waals surface area contributed by atoms with Crippen molar-refractivity contribution in [2.45, 2.75) is 31.5 Å². The molecule has 0 spiro atoms. The Morgan fingerprint density at radius 3 is 2.38 bits per heavy atom. The normalized spacial score (nSPS) is 22.0. The molecule has 1 aliphatic rings. The van der Waals surface area contributed by atoms with Gasteiger partial charge in [-0.05, 0) is 12.8 Å². The van der Waals surface area contributed by atoms with Crippen molar-refractivity contribution in [3.05, 3.63) is 23.8 Å². The summed E-state index contributed by atoms with van der Waals surface area (Å²) in [5.74, 6) is -3.68. The smallest absolute Gasteiger partial charge is 0.451 e. The lowest BCUT2D eigenvalue weighted by atomic mass is 10.0. The SMILES string of the molecule is O=C(N[C@H]1CCC[C@H]1C(=O)O)c1cnc(C(F)(F)F)nc1. The van der Waals surface area contributed by atoms with Gasteiger partial charge in [0, 0.05) is 18.4 Å². The molecule has 114 valence electrons. The van der Waals surface area contributed by atoms with Crippen LogP contribution in [0.25, 0.3) is 0 Å². The van der Waals surface area contributed by atoms with Crippen LogP contribution in [0.2, 0.25) is 0 Å². The maximum Gasteiger partial charge on any atom is 0.451 e. The number of alkyl halides is 3. The van der Waals surface area contributed by atoms with Crippen LogP contribution in [0.15, 0.2) is 12.4 Å². The van der Waals surface area contributed by atoms with Gasteiger partial charge in [0.25, 0.3) is 5.91 Å². The molecule has 1 aromatic heterocycles. The summed E-state index contributed by atoms with van der Waals surface area (Å²) in [5, 5.41) is 11.5. The molecule has 1 aromatic rings. The van der Waals surface area contributed by atoms with Crippen molar-refractivity contribution in [2.24, 2.45) is 5.92 Å². The molecule has 2 N–H and O–H groups in total. The van der Waals surface area contributed by atoms with E-state index in [0.29, 0.717) is 19.3 Å². The van der Waals surface area contributed by atoms with Crippen molar-refractivity contribution in [2.75, 3.05) is 0 Å². The van der Waals surface area contributed by atoms with E-state index in [4.69, 9.17) is 5.11 Å². The zero-order valence-corrected chi connectivity index (χ0v) is 10.7. The Labute approximate surface area is 117 Å². The third-order valence-corrected chi connectivity index (χ3v) is 3.32. The van der Waals surface area contributed by atoms with Gasteiger partial charge in [0.2, 0.25) is 5.82 Å². The molecule has 0 aromatic carbocycles. The lowest BCUT2D eigenvalue weighted by Crippen LogP contribution is -2.40. The molecule has 0 aliphatic heterocycles. The van der Waals surface area contributed by atoms with E-state index in [1.165, 1.54) is 0 Å². The van der Waals surface area contributed by atoms with Crippen molar-refractivity contribution in [1.82, 2.24) is 15.3 Å². The summed E-state index contributed by atoms with van der Waals surface area (Å²) in [6, 6.07) is -0.530. The monoisotopic (exact) mass is 303 g/mol. The van der Waals surface area contributed by atoms with Gasteiger partial charge in [-0.25, -0.2) is 9.97 Å². The minimum atomic E-state index is -4.67. The number of aliphatic carboxylic acids is 1. The molecule has 0 unspecified atom stereocenters. The van der Waals surface area contributed by atoms with Crippen LogP contribution in [0.5, 0.6) is 0 Å². The molecule has 1 amide bonds. The molecule has 21 heavy (non-hydrogen) atoms. The molecule has 0 radical (unpaired) electrons. The highest BCUT2D eigenvalue weighted by Crippen LogP contribution is 2.27. The van der Waals surface area contributed by atoms with E-state index < -0.39 is 35.8 Å². The summed E-state index contributed by atoms with van der Waals surface area (Å²) >= 11 is 0. The average molecular weight is 303 g/mol. The van der Waals surface area contributed by atoms with Crippen molar-refractivity contribution in [3.63, 3.8) is 0 Å². The molecule has 1 heterocycles. The Morgan fingerprint density at radius 1 is 1.24 bits per heavy atom. The number of hydrogen-bond donors (Lipinski definition) is 2. The molecule has 6 nitrogen and oxygen atoms in total. The fourth-order valence-electron chi connectivity index (χ4n) is 2.27. The second-order valence-electron chi connectivity index (χ2n) is 4.75. The van der Waals surface area contributed by atoms with Gasteiger partial charge in [0.1, 0.15) is 0 Å². The van der Waals surface area contributed by atoms with Crippen molar-refractivity contribution in [1.29, 1.82) is 0 Å². The highest BCUT2D eigenvalue weighted by molar-refractivity contribution is 5.94. The minimum Gasteiger partial charge on any atom is -0.481 e. The number of rotatable bonds is 3. The highest BCUT2D eigenvalue weighted by Gasteiger charge is 2.36. The van der Waals surface area contributed by atoms with E-state index in [9.17, 15) is 22.8 Å². The number of carbonyl (C=O) groups is 2. The largest absolute Gasteiger partial charge is 0.481 e. The van der Waals surface area contributed by atoms with E-state index in [0.717, 1.165) is 12.4 Å². The van der Waals surface area contributed by atoms with E-state index in [1.807, 2.05) is 0 Å². The zero-order valence-electron chi connectivity index (χ0n) is 10.7. The van der Waals surface area contributed by atoms with E-state index in [2.05, 4.69) is 15.3 Å². The van der Waals surface area contributed by atoms with Crippen LogP contribution in [0, 0.1) is 5.92 Å². The Hall–Kier alpha value is -2.19. The number of halogens is 3. The molecule has 1 aliphatic carbocycles. The number of aromatic nitrogens is 2. The quantitative estimate of drug-likeness (QED) is 0.882. The number of hydrogen-bond acceptors (Lipinski definition) is 4. The van der Waals surface area contributed by atoms with Crippen LogP contribution in [0.3, 0.4) is 0 Å². The number of nitrogens with one attached hydrogen (secondary N) is 1. The second-order valence-corrected chi connectivity index (χ2v) is 4.75. The first-order chi connectivity index (χ1) is 9.79. The second kappa shape index (κ2) is 5.66. The van der Waals surface area contributed by atoms with Gasteiger partial charge in [-0.3, -0.25) is 9.59 Å². The maximum absolute atomic E-state index is 12.3. The maximum atomic E-state index is 12.3. The Morgan fingerprint density at radius 2 is 1.86 bits per heavy atom. The number of carboxylic acids is 1. The van der Waals surface area contributed by atoms with Crippen molar-refractivity contribution >= 4 is 11.9 Å². The number of amides is 1. The van der Waals surface area contributed by atoms with E-state index in [-0.39, 0.29) is 5.56 Å². The third kappa shape index (κ3) is 3.47. The Balaban J connectivity index is 2.05. The topological polar surface area (TPSA) is 92.2 Å². The lowest BCUT2D eigenvalue weighted by Gasteiger charge is -2.17. The zero-order chi connectivity index (χ0) is 15.6. The van der Waals surface area contributed by atoms with Gasteiger partial charge < -0.3 is 10.4 Å². The highest BCUT2D eigenvalue weighted by atomic mass is 19.4.